The monoisotopic (exact) mass is 272 g/mol. The number of aryl methyl sites for hydroxylation is 1. The number of hydrogen-bond donors (Lipinski definition) is 2. The van der Waals surface area contributed by atoms with Crippen molar-refractivity contribution in [2.24, 2.45) is 11.8 Å². The molecule has 0 heterocycles. The van der Waals surface area contributed by atoms with E-state index in [0.717, 1.165) is 11.1 Å². The fourth-order valence-electron chi connectivity index (χ4n) is 2.82. The van der Waals surface area contributed by atoms with Gasteiger partial charge in [0.2, 0.25) is 5.92 Å². The van der Waals surface area contributed by atoms with Gasteiger partial charge in [0.15, 0.2) is 0 Å². The van der Waals surface area contributed by atoms with Gasteiger partial charge in [-0.25, -0.2) is 13.2 Å². The minimum Gasteiger partial charge on any atom is -0.271 e. The van der Waals surface area contributed by atoms with Crippen molar-refractivity contribution in [2.75, 3.05) is 0 Å². The molecule has 1 saturated carbocycles. The van der Waals surface area contributed by atoms with Crippen LogP contribution in [-0.4, -0.2) is 5.92 Å². The van der Waals surface area contributed by atoms with E-state index in [1.807, 2.05) is 6.92 Å². The van der Waals surface area contributed by atoms with Gasteiger partial charge in [-0.1, -0.05) is 6.07 Å². The summed E-state index contributed by atoms with van der Waals surface area (Å²) in [6, 6.07) is 4.24. The van der Waals surface area contributed by atoms with Crippen LogP contribution in [0.4, 0.5) is 13.2 Å². The molecule has 2 rings (SSSR count). The van der Waals surface area contributed by atoms with Crippen molar-refractivity contribution in [3.8, 4) is 0 Å². The smallest absolute Gasteiger partial charge is 0.248 e. The van der Waals surface area contributed by atoms with Crippen molar-refractivity contribution < 1.29 is 13.2 Å². The SMILES string of the molecule is Cc1ccc(F)cc1C(NN)C1CCC(F)(F)CC1. The Labute approximate surface area is 111 Å². The Morgan fingerprint density at radius 3 is 2.53 bits per heavy atom. The lowest BCUT2D eigenvalue weighted by atomic mass is 9.79. The molecule has 1 atom stereocenters. The predicted octanol–water partition coefficient (Wildman–Crippen LogP) is 3.46. The zero-order valence-electron chi connectivity index (χ0n) is 10.9. The van der Waals surface area contributed by atoms with E-state index in [4.69, 9.17) is 5.84 Å². The highest BCUT2D eigenvalue weighted by Crippen LogP contribution is 2.41. The van der Waals surface area contributed by atoms with Gasteiger partial charge in [0.25, 0.3) is 0 Å². The first-order valence-electron chi connectivity index (χ1n) is 6.53. The van der Waals surface area contributed by atoms with Gasteiger partial charge < -0.3 is 0 Å². The Bertz CT molecular complexity index is 438. The first-order chi connectivity index (χ1) is 8.93. The summed E-state index contributed by atoms with van der Waals surface area (Å²) in [4.78, 5) is 0. The molecule has 19 heavy (non-hydrogen) atoms. The normalized spacial score (nSPS) is 21.3. The van der Waals surface area contributed by atoms with Gasteiger partial charge in [-0.2, -0.15) is 0 Å². The Hall–Kier alpha value is -1.07. The molecule has 5 heteroatoms. The highest BCUT2D eigenvalue weighted by molar-refractivity contribution is 5.30. The van der Waals surface area contributed by atoms with E-state index in [0.29, 0.717) is 12.8 Å². The minimum absolute atomic E-state index is 0.0186. The molecule has 1 fully saturated rings. The summed E-state index contributed by atoms with van der Waals surface area (Å²) in [5, 5.41) is 0. The van der Waals surface area contributed by atoms with E-state index in [1.165, 1.54) is 12.1 Å². The summed E-state index contributed by atoms with van der Waals surface area (Å²) in [7, 11) is 0. The molecule has 0 spiro atoms. The molecule has 1 unspecified atom stereocenters. The van der Waals surface area contributed by atoms with Crippen LogP contribution in [0.25, 0.3) is 0 Å². The lowest BCUT2D eigenvalue weighted by molar-refractivity contribution is -0.0498. The summed E-state index contributed by atoms with van der Waals surface area (Å²) < 4.78 is 39.7. The van der Waals surface area contributed by atoms with E-state index in [9.17, 15) is 13.2 Å². The van der Waals surface area contributed by atoms with E-state index in [2.05, 4.69) is 5.43 Å². The maximum atomic E-state index is 13.3. The molecule has 0 saturated heterocycles. The predicted molar refractivity (Wildman–Crippen MR) is 68.1 cm³/mol. The van der Waals surface area contributed by atoms with E-state index in [-0.39, 0.29) is 30.6 Å². The van der Waals surface area contributed by atoms with Crippen LogP contribution in [0, 0.1) is 18.7 Å². The molecule has 2 nitrogen and oxygen atoms in total. The Balaban J connectivity index is 2.18. The van der Waals surface area contributed by atoms with Crippen LogP contribution in [-0.2, 0) is 0 Å². The number of nitrogens with one attached hydrogen (secondary N) is 1. The van der Waals surface area contributed by atoms with Gasteiger partial charge in [-0.15, -0.1) is 0 Å². The summed E-state index contributed by atoms with van der Waals surface area (Å²) in [6.07, 6.45) is 0.560. The second-order valence-electron chi connectivity index (χ2n) is 5.34. The maximum absolute atomic E-state index is 13.3. The lowest BCUT2D eigenvalue weighted by Gasteiger charge is -2.34. The van der Waals surface area contributed by atoms with E-state index < -0.39 is 5.92 Å². The molecule has 106 valence electrons. The van der Waals surface area contributed by atoms with E-state index >= 15 is 0 Å². The van der Waals surface area contributed by atoms with Crippen LogP contribution in [0.5, 0.6) is 0 Å². The molecular formula is C14H19F3N2. The van der Waals surface area contributed by atoms with Crippen molar-refractivity contribution in [1.29, 1.82) is 0 Å². The van der Waals surface area contributed by atoms with Gasteiger partial charge in [0.1, 0.15) is 5.82 Å². The number of alkyl halides is 2. The van der Waals surface area contributed by atoms with Crippen LogP contribution < -0.4 is 11.3 Å². The largest absolute Gasteiger partial charge is 0.271 e. The van der Waals surface area contributed by atoms with Gasteiger partial charge in [0.05, 0.1) is 0 Å². The van der Waals surface area contributed by atoms with Crippen LogP contribution >= 0.6 is 0 Å². The van der Waals surface area contributed by atoms with Crippen molar-refractivity contribution in [2.45, 2.75) is 44.6 Å². The zero-order chi connectivity index (χ0) is 14.0. The quantitative estimate of drug-likeness (QED) is 0.653. The first kappa shape index (κ1) is 14.3. The molecule has 1 aliphatic rings. The molecule has 0 amide bonds. The molecular weight excluding hydrogens is 253 g/mol. The highest BCUT2D eigenvalue weighted by Gasteiger charge is 2.38. The number of hydrogen-bond acceptors (Lipinski definition) is 2. The van der Waals surface area contributed by atoms with Crippen molar-refractivity contribution in [3.63, 3.8) is 0 Å². The maximum Gasteiger partial charge on any atom is 0.248 e. The Kier molecular flexibility index (Phi) is 4.16. The fourth-order valence-corrected chi connectivity index (χ4v) is 2.82. The molecule has 1 aromatic rings. The van der Waals surface area contributed by atoms with E-state index in [1.54, 1.807) is 6.07 Å². The highest BCUT2D eigenvalue weighted by atomic mass is 19.3. The summed E-state index contributed by atoms with van der Waals surface area (Å²) >= 11 is 0. The summed E-state index contributed by atoms with van der Waals surface area (Å²) in [5.74, 6) is 2.69. The topological polar surface area (TPSA) is 38.0 Å². The van der Waals surface area contributed by atoms with Crippen LogP contribution in [0.3, 0.4) is 0 Å². The van der Waals surface area contributed by atoms with Crippen molar-refractivity contribution >= 4 is 0 Å². The number of rotatable bonds is 3. The van der Waals surface area contributed by atoms with Gasteiger partial charge in [-0.05, 0) is 48.9 Å². The minimum atomic E-state index is -2.56. The Morgan fingerprint density at radius 2 is 1.95 bits per heavy atom. The Morgan fingerprint density at radius 1 is 1.32 bits per heavy atom. The zero-order valence-corrected chi connectivity index (χ0v) is 10.9. The standard InChI is InChI=1S/C14H19F3N2/c1-9-2-3-11(15)8-12(9)13(19-18)10-4-6-14(16,17)7-5-10/h2-3,8,10,13,19H,4-7,18H2,1H3. The second kappa shape index (κ2) is 5.51. The fraction of sp³-hybridized carbons (Fsp3) is 0.571. The molecule has 3 N–H and O–H groups in total. The average Bonchev–Trinajstić information content (AvgIpc) is 2.36. The second-order valence-corrected chi connectivity index (χ2v) is 5.34. The van der Waals surface area contributed by atoms with Crippen molar-refractivity contribution in [3.05, 3.63) is 35.1 Å². The van der Waals surface area contributed by atoms with Crippen LogP contribution in [0.2, 0.25) is 0 Å². The number of halogens is 3. The third kappa shape index (κ3) is 3.28. The van der Waals surface area contributed by atoms with Crippen LogP contribution in [0.1, 0.15) is 42.9 Å². The lowest BCUT2D eigenvalue weighted by Crippen LogP contribution is -2.37. The summed E-state index contributed by atoms with van der Waals surface area (Å²) in [5.41, 5.74) is 4.35. The van der Waals surface area contributed by atoms with Gasteiger partial charge in [0, 0.05) is 18.9 Å². The molecule has 0 aliphatic heterocycles. The molecule has 1 aromatic carbocycles. The van der Waals surface area contributed by atoms with Crippen molar-refractivity contribution in [1.82, 2.24) is 5.43 Å². The van der Waals surface area contributed by atoms with Gasteiger partial charge in [-0.3, -0.25) is 11.3 Å². The number of nitrogens with two attached hydrogens (primary N) is 1. The average molecular weight is 272 g/mol. The van der Waals surface area contributed by atoms with Gasteiger partial charge >= 0.3 is 0 Å². The molecule has 0 bridgehead atoms. The number of benzene rings is 1. The third-order valence-electron chi connectivity index (χ3n) is 3.99. The number of hydrazine groups is 1. The molecule has 0 radical (unpaired) electrons. The van der Waals surface area contributed by atoms with Crippen LogP contribution in [0.15, 0.2) is 18.2 Å². The molecule has 1 aliphatic carbocycles. The summed E-state index contributed by atoms with van der Waals surface area (Å²) in [6.45, 7) is 1.87. The molecule has 0 aromatic heterocycles. The first-order valence-corrected chi connectivity index (χ1v) is 6.53. The third-order valence-corrected chi connectivity index (χ3v) is 3.99.